The first-order chi connectivity index (χ1) is 14.5. The van der Waals surface area contributed by atoms with Crippen LogP contribution in [0.25, 0.3) is 16.9 Å². The van der Waals surface area contributed by atoms with Crippen LogP contribution < -0.4 is 10.1 Å². The van der Waals surface area contributed by atoms with Crippen molar-refractivity contribution in [1.82, 2.24) is 15.1 Å². The lowest BCUT2D eigenvalue weighted by atomic mass is 10.1. The third kappa shape index (κ3) is 3.98. The minimum atomic E-state index is -0.228. The topological polar surface area (TPSA) is 69.3 Å². The van der Waals surface area contributed by atoms with Gasteiger partial charge in [-0.1, -0.05) is 24.3 Å². The van der Waals surface area contributed by atoms with Crippen molar-refractivity contribution in [2.24, 2.45) is 0 Å². The molecule has 6 heteroatoms. The van der Waals surface area contributed by atoms with Crippen LogP contribution in [0.1, 0.15) is 27.4 Å². The summed E-state index contributed by atoms with van der Waals surface area (Å²) in [6, 6.07) is 19.2. The van der Waals surface area contributed by atoms with Crippen molar-refractivity contribution >= 4 is 5.91 Å². The lowest BCUT2D eigenvalue weighted by Crippen LogP contribution is -2.25. The highest BCUT2D eigenvalue weighted by molar-refractivity contribution is 5.94. The molecule has 6 nitrogen and oxygen atoms in total. The lowest BCUT2D eigenvalue weighted by molar-refractivity contribution is 0.0940. The molecule has 30 heavy (non-hydrogen) atoms. The van der Waals surface area contributed by atoms with Crippen molar-refractivity contribution in [3.63, 3.8) is 0 Å². The van der Waals surface area contributed by atoms with Gasteiger partial charge in [0.25, 0.3) is 5.91 Å². The highest BCUT2D eigenvalue weighted by atomic mass is 16.5. The van der Waals surface area contributed by atoms with Crippen molar-refractivity contribution in [3.05, 3.63) is 89.5 Å². The van der Waals surface area contributed by atoms with E-state index in [0.29, 0.717) is 23.7 Å². The molecule has 0 aliphatic heterocycles. The van der Waals surface area contributed by atoms with Gasteiger partial charge in [0.1, 0.15) is 17.2 Å². The summed E-state index contributed by atoms with van der Waals surface area (Å²) in [6.45, 7) is 4.33. The molecule has 2 heterocycles. The van der Waals surface area contributed by atoms with Crippen LogP contribution in [0.5, 0.6) is 5.75 Å². The first-order valence-corrected chi connectivity index (χ1v) is 9.68. The Bertz CT molecular complexity index is 1180. The van der Waals surface area contributed by atoms with Crippen molar-refractivity contribution < 1.29 is 13.9 Å². The Balaban J connectivity index is 1.77. The summed E-state index contributed by atoms with van der Waals surface area (Å²) in [4.78, 5) is 13.1. The fraction of sp³-hybridized carbons (Fsp3) is 0.167. The second kappa shape index (κ2) is 8.29. The number of aryl methyl sites for hydroxylation is 2. The number of methoxy groups -OCH3 is 1. The molecule has 152 valence electrons. The van der Waals surface area contributed by atoms with E-state index in [1.165, 1.54) is 0 Å². The number of aromatic nitrogens is 2. The third-order valence-electron chi connectivity index (χ3n) is 4.90. The molecule has 0 aliphatic rings. The quantitative estimate of drug-likeness (QED) is 0.509. The van der Waals surface area contributed by atoms with E-state index >= 15 is 0 Å². The van der Waals surface area contributed by atoms with E-state index in [4.69, 9.17) is 14.3 Å². The van der Waals surface area contributed by atoms with E-state index < -0.39 is 0 Å². The predicted octanol–water partition coefficient (Wildman–Crippen LogP) is 4.69. The maximum absolute atomic E-state index is 13.1. The summed E-state index contributed by atoms with van der Waals surface area (Å²) in [7, 11) is 1.63. The SMILES string of the molecule is COc1cccc(-c2cc(C(=O)NCc3ccco3)n(-c3cc(C)ccc3C)n2)c1. The van der Waals surface area contributed by atoms with Crippen molar-refractivity contribution in [1.29, 1.82) is 0 Å². The first-order valence-electron chi connectivity index (χ1n) is 9.68. The number of benzene rings is 2. The van der Waals surface area contributed by atoms with Gasteiger partial charge in [-0.15, -0.1) is 0 Å². The summed E-state index contributed by atoms with van der Waals surface area (Å²) < 4.78 is 12.4. The Labute approximate surface area is 175 Å². The summed E-state index contributed by atoms with van der Waals surface area (Å²) in [5, 5.41) is 7.69. The van der Waals surface area contributed by atoms with Gasteiger partial charge in [0, 0.05) is 5.56 Å². The number of hydrogen-bond acceptors (Lipinski definition) is 4. The van der Waals surface area contributed by atoms with E-state index in [1.54, 1.807) is 30.2 Å². The Morgan fingerprint density at radius 3 is 2.73 bits per heavy atom. The molecule has 4 aromatic rings. The average Bonchev–Trinajstić information content (AvgIpc) is 3.44. The second-order valence-electron chi connectivity index (χ2n) is 7.11. The minimum Gasteiger partial charge on any atom is -0.497 e. The highest BCUT2D eigenvalue weighted by Crippen LogP contribution is 2.26. The Morgan fingerprint density at radius 2 is 1.97 bits per heavy atom. The molecule has 0 fully saturated rings. The number of nitrogens with one attached hydrogen (secondary N) is 1. The fourth-order valence-corrected chi connectivity index (χ4v) is 3.27. The summed E-state index contributed by atoms with van der Waals surface area (Å²) in [6.07, 6.45) is 1.59. The Hall–Kier alpha value is -3.80. The van der Waals surface area contributed by atoms with Crippen LogP contribution in [-0.2, 0) is 6.54 Å². The smallest absolute Gasteiger partial charge is 0.270 e. The molecule has 0 aliphatic carbocycles. The molecule has 0 atom stereocenters. The van der Waals surface area contributed by atoms with Gasteiger partial charge >= 0.3 is 0 Å². The van der Waals surface area contributed by atoms with Gasteiger partial charge in [-0.2, -0.15) is 5.10 Å². The number of rotatable bonds is 6. The van der Waals surface area contributed by atoms with Crippen LogP contribution in [0.4, 0.5) is 0 Å². The van der Waals surface area contributed by atoms with Gasteiger partial charge < -0.3 is 14.5 Å². The van der Waals surface area contributed by atoms with Crippen molar-refractivity contribution in [2.75, 3.05) is 7.11 Å². The summed E-state index contributed by atoms with van der Waals surface area (Å²) in [5.74, 6) is 1.20. The summed E-state index contributed by atoms with van der Waals surface area (Å²) >= 11 is 0. The molecule has 0 radical (unpaired) electrons. The zero-order chi connectivity index (χ0) is 21.1. The van der Waals surface area contributed by atoms with Gasteiger partial charge in [-0.05, 0) is 61.4 Å². The maximum Gasteiger partial charge on any atom is 0.270 e. The van der Waals surface area contributed by atoms with E-state index in [-0.39, 0.29) is 5.91 Å². The van der Waals surface area contributed by atoms with Crippen LogP contribution in [0.15, 0.2) is 71.3 Å². The van der Waals surface area contributed by atoms with Gasteiger partial charge in [-0.25, -0.2) is 4.68 Å². The van der Waals surface area contributed by atoms with E-state index in [1.807, 2.05) is 62.4 Å². The highest BCUT2D eigenvalue weighted by Gasteiger charge is 2.19. The van der Waals surface area contributed by atoms with Crippen molar-refractivity contribution in [2.45, 2.75) is 20.4 Å². The zero-order valence-corrected chi connectivity index (χ0v) is 17.2. The van der Waals surface area contributed by atoms with E-state index in [0.717, 1.165) is 28.1 Å². The molecular formula is C24H23N3O3. The Kier molecular flexibility index (Phi) is 5.39. The van der Waals surface area contributed by atoms with Crippen LogP contribution in [0.2, 0.25) is 0 Å². The lowest BCUT2D eigenvalue weighted by Gasteiger charge is -2.11. The normalized spacial score (nSPS) is 10.8. The second-order valence-corrected chi connectivity index (χ2v) is 7.11. The van der Waals surface area contributed by atoms with Gasteiger partial charge in [0.05, 0.1) is 31.3 Å². The third-order valence-corrected chi connectivity index (χ3v) is 4.90. The predicted molar refractivity (Wildman–Crippen MR) is 115 cm³/mol. The molecule has 1 amide bonds. The minimum absolute atomic E-state index is 0.228. The van der Waals surface area contributed by atoms with Gasteiger partial charge in [-0.3, -0.25) is 4.79 Å². The fourth-order valence-electron chi connectivity index (χ4n) is 3.27. The number of furan rings is 1. The number of amides is 1. The monoisotopic (exact) mass is 401 g/mol. The van der Waals surface area contributed by atoms with Gasteiger partial charge in [0.15, 0.2) is 0 Å². The molecule has 0 unspecified atom stereocenters. The molecule has 0 spiro atoms. The molecule has 0 bridgehead atoms. The Morgan fingerprint density at radius 1 is 1.10 bits per heavy atom. The number of nitrogens with zero attached hydrogens (tertiary/aromatic N) is 2. The molecule has 1 N–H and O–H groups in total. The number of carbonyl (C=O) groups excluding carboxylic acids is 1. The molecule has 0 saturated heterocycles. The van der Waals surface area contributed by atoms with Crippen LogP contribution in [0.3, 0.4) is 0 Å². The number of carbonyl (C=O) groups is 1. The summed E-state index contributed by atoms with van der Waals surface area (Å²) in [5.41, 5.74) is 5.01. The molecule has 4 rings (SSSR count). The maximum atomic E-state index is 13.1. The van der Waals surface area contributed by atoms with Crippen LogP contribution in [-0.4, -0.2) is 22.8 Å². The van der Waals surface area contributed by atoms with Gasteiger partial charge in [0.2, 0.25) is 0 Å². The largest absolute Gasteiger partial charge is 0.497 e. The molecule has 2 aromatic heterocycles. The standard InChI is InChI=1S/C24H23N3O3/c1-16-9-10-17(2)22(12-16)27-23(24(28)25-15-20-8-5-11-30-20)14-21(26-27)18-6-4-7-19(13-18)29-3/h4-14H,15H2,1-3H3,(H,25,28). The number of ether oxygens (including phenoxy) is 1. The molecular weight excluding hydrogens is 378 g/mol. The van der Waals surface area contributed by atoms with E-state index in [2.05, 4.69) is 5.32 Å². The number of hydrogen-bond donors (Lipinski definition) is 1. The average molecular weight is 401 g/mol. The first kappa shape index (κ1) is 19.5. The zero-order valence-electron chi connectivity index (χ0n) is 17.2. The van der Waals surface area contributed by atoms with Crippen LogP contribution in [0, 0.1) is 13.8 Å². The van der Waals surface area contributed by atoms with E-state index in [9.17, 15) is 4.79 Å². The molecule has 2 aromatic carbocycles. The molecule has 0 saturated carbocycles. The van der Waals surface area contributed by atoms with Crippen molar-refractivity contribution in [3.8, 4) is 22.7 Å². The van der Waals surface area contributed by atoms with Crippen LogP contribution >= 0.6 is 0 Å².